The molecule has 6 heteroatoms. The van der Waals surface area contributed by atoms with Crippen LogP contribution in [0.2, 0.25) is 19.6 Å². The minimum absolute atomic E-state index is 0.587. The van der Waals surface area contributed by atoms with Gasteiger partial charge in [0.25, 0.3) is 0 Å². The lowest BCUT2D eigenvalue weighted by molar-refractivity contribution is 0.143. The molecule has 0 unspecified atom stereocenters. The molecule has 0 bridgehead atoms. The number of unbranched alkanes of at least 4 members (excludes halogenated alkanes) is 12. The summed E-state index contributed by atoms with van der Waals surface area (Å²) in [4.78, 5) is 0. The van der Waals surface area contributed by atoms with Crippen molar-refractivity contribution >= 4 is 8.07 Å². The van der Waals surface area contributed by atoms with Gasteiger partial charge >= 0.3 is 0 Å². The molecule has 0 atom stereocenters. The maximum atomic E-state index is 10.4. The summed E-state index contributed by atoms with van der Waals surface area (Å²) in [6, 6.07) is 24.7. The van der Waals surface area contributed by atoms with Crippen LogP contribution in [0.15, 0.2) is 72.8 Å². The molecular formula is C62H80O5Si. The molecule has 0 aliphatic rings. The SMILES string of the molecule is CCCCCCOc1cc(C#CC(C)(C)O)c(OCCCCCC)cc1C#Cc1ccc(-c2ccc(C#Cc3cc(OCCCCCC)c(C#C[Si](C)(C)C)cc3OCCCCCC)cc2)cc1. The Balaban J connectivity index is 1.60. The predicted octanol–water partition coefficient (Wildman–Crippen LogP) is 15.3. The van der Waals surface area contributed by atoms with Crippen LogP contribution >= 0.6 is 0 Å². The van der Waals surface area contributed by atoms with Crippen molar-refractivity contribution in [2.75, 3.05) is 26.4 Å². The van der Waals surface area contributed by atoms with Gasteiger partial charge < -0.3 is 24.1 Å². The number of benzene rings is 4. The molecule has 0 aromatic heterocycles. The third-order valence-corrected chi connectivity index (χ3v) is 11.9. The zero-order valence-corrected chi connectivity index (χ0v) is 44.2. The molecule has 4 rings (SSSR count). The van der Waals surface area contributed by atoms with Crippen LogP contribution in [0.25, 0.3) is 11.1 Å². The summed E-state index contributed by atoms with van der Waals surface area (Å²) in [5.74, 6) is 26.1. The topological polar surface area (TPSA) is 57.2 Å². The Kier molecular flexibility index (Phi) is 24.4. The minimum Gasteiger partial charge on any atom is -0.492 e. The monoisotopic (exact) mass is 933 g/mol. The van der Waals surface area contributed by atoms with Crippen molar-refractivity contribution in [1.82, 2.24) is 0 Å². The Morgan fingerprint density at radius 3 is 1.01 bits per heavy atom. The summed E-state index contributed by atoms with van der Waals surface area (Å²) in [7, 11) is -1.63. The highest BCUT2D eigenvalue weighted by molar-refractivity contribution is 6.83. The Labute approximate surface area is 413 Å². The van der Waals surface area contributed by atoms with Crippen molar-refractivity contribution in [3.63, 3.8) is 0 Å². The fourth-order valence-electron chi connectivity index (χ4n) is 7.08. The second-order valence-electron chi connectivity index (χ2n) is 19.3. The number of rotatable bonds is 25. The van der Waals surface area contributed by atoms with Gasteiger partial charge in [0.2, 0.25) is 0 Å². The maximum absolute atomic E-state index is 10.4. The van der Waals surface area contributed by atoms with Gasteiger partial charge in [-0.05, 0) is 74.9 Å². The van der Waals surface area contributed by atoms with Gasteiger partial charge in [0.1, 0.15) is 36.7 Å². The Morgan fingerprint density at radius 1 is 0.412 bits per heavy atom. The molecule has 4 aromatic carbocycles. The molecule has 5 nitrogen and oxygen atoms in total. The Bertz CT molecular complexity index is 2220. The van der Waals surface area contributed by atoms with Crippen molar-refractivity contribution in [3.05, 3.63) is 106 Å². The molecule has 0 aliphatic heterocycles. The van der Waals surface area contributed by atoms with Crippen molar-refractivity contribution in [3.8, 4) is 81.1 Å². The normalized spacial score (nSPS) is 10.9. The van der Waals surface area contributed by atoms with Gasteiger partial charge in [-0.1, -0.05) is 190 Å². The molecule has 0 spiro atoms. The number of hydrogen-bond donors (Lipinski definition) is 1. The molecule has 4 aromatic rings. The fourth-order valence-corrected chi connectivity index (χ4v) is 7.59. The third-order valence-electron chi connectivity index (χ3n) is 11.0. The molecule has 1 N–H and O–H groups in total. The summed E-state index contributed by atoms with van der Waals surface area (Å²) in [6.45, 7) is 21.5. The van der Waals surface area contributed by atoms with E-state index in [0.29, 0.717) is 43.5 Å². The summed E-state index contributed by atoms with van der Waals surface area (Å²) in [5, 5.41) is 10.4. The van der Waals surface area contributed by atoms with Crippen molar-refractivity contribution in [2.45, 2.75) is 170 Å². The lowest BCUT2D eigenvalue weighted by Crippen LogP contribution is -2.16. The molecular weight excluding hydrogens is 853 g/mol. The van der Waals surface area contributed by atoms with Gasteiger partial charge in [0.15, 0.2) is 0 Å². The quantitative estimate of drug-likeness (QED) is 0.0408. The standard InChI is InChI=1S/C62H80O5Si/c1-10-14-18-22-41-64-58-48-56(38-40-62(5,6)63)60(66-43-24-20-16-12-3)46-54(58)36-30-50-26-32-52(33-27-50)53-34-28-51(29-35-53)31-37-55-47-61(67-44-25-21-17-13-4)57(39-45-68(7,8)9)49-59(55)65-42-23-19-15-11-2/h26-29,32-35,46-49,63H,10-25,41-44H2,1-9H3. The molecule has 0 fully saturated rings. The first kappa shape index (κ1) is 55.1. The average molecular weight is 933 g/mol. The van der Waals surface area contributed by atoms with Gasteiger partial charge in [-0.15, -0.1) is 5.54 Å². The van der Waals surface area contributed by atoms with Crippen molar-refractivity contribution < 1.29 is 24.1 Å². The van der Waals surface area contributed by atoms with Crippen LogP contribution in [0, 0.1) is 47.0 Å². The molecule has 0 radical (unpaired) electrons. The van der Waals surface area contributed by atoms with E-state index in [1.807, 2.05) is 24.3 Å². The second-order valence-corrected chi connectivity index (χ2v) is 24.0. The molecule has 0 saturated carbocycles. The third kappa shape index (κ3) is 21.2. The number of hydrogen-bond acceptors (Lipinski definition) is 5. The van der Waals surface area contributed by atoms with Gasteiger partial charge in [0.05, 0.1) is 48.7 Å². The summed E-state index contributed by atoms with van der Waals surface area (Å²) < 4.78 is 25.5. The smallest absolute Gasteiger partial charge is 0.136 e. The zero-order valence-electron chi connectivity index (χ0n) is 43.2. The lowest BCUT2D eigenvalue weighted by Gasteiger charge is -2.14. The Hall–Kier alpha value is -5.50. The summed E-state index contributed by atoms with van der Waals surface area (Å²) in [6.07, 6.45) is 17.9. The van der Waals surface area contributed by atoms with Gasteiger partial charge in [0, 0.05) is 35.4 Å². The zero-order chi connectivity index (χ0) is 49.0. The van der Waals surface area contributed by atoms with Gasteiger partial charge in [-0.25, -0.2) is 0 Å². The molecule has 362 valence electrons. The van der Waals surface area contributed by atoms with E-state index in [-0.39, 0.29) is 0 Å². The minimum atomic E-state index is -1.63. The molecule has 68 heavy (non-hydrogen) atoms. The molecule has 0 amide bonds. The van der Waals surface area contributed by atoms with Crippen LogP contribution in [0.1, 0.15) is 178 Å². The largest absolute Gasteiger partial charge is 0.492 e. The average Bonchev–Trinajstić information content (AvgIpc) is 3.31. The highest BCUT2D eigenvalue weighted by Gasteiger charge is 2.15. The second kappa shape index (κ2) is 30.1. The van der Waals surface area contributed by atoms with E-state index in [1.54, 1.807) is 13.8 Å². The predicted molar refractivity (Wildman–Crippen MR) is 289 cm³/mol. The van der Waals surface area contributed by atoms with Gasteiger partial charge in [-0.3, -0.25) is 0 Å². The van der Waals surface area contributed by atoms with Crippen LogP contribution in [-0.4, -0.2) is 45.2 Å². The Morgan fingerprint density at radius 2 is 0.721 bits per heavy atom. The number of aliphatic hydroxyl groups is 1. The van der Waals surface area contributed by atoms with E-state index in [1.165, 1.54) is 38.5 Å². The van der Waals surface area contributed by atoms with Crippen molar-refractivity contribution in [2.24, 2.45) is 0 Å². The molecule has 0 heterocycles. The first-order valence-corrected chi connectivity index (χ1v) is 29.2. The van der Waals surface area contributed by atoms with Crippen LogP contribution in [-0.2, 0) is 0 Å². The highest BCUT2D eigenvalue weighted by Crippen LogP contribution is 2.31. The summed E-state index contributed by atoms with van der Waals surface area (Å²) >= 11 is 0. The van der Waals surface area contributed by atoms with E-state index in [4.69, 9.17) is 18.9 Å². The maximum Gasteiger partial charge on any atom is 0.136 e. The van der Waals surface area contributed by atoms with E-state index in [9.17, 15) is 5.11 Å². The highest BCUT2D eigenvalue weighted by atomic mass is 28.3. The van der Waals surface area contributed by atoms with E-state index < -0.39 is 13.7 Å². The fraction of sp³-hybridized carbons (Fsp3) is 0.484. The number of ether oxygens (including phenoxy) is 4. The van der Waals surface area contributed by atoms with Crippen LogP contribution in [0.4, 0.5) is 0 Å². The van der Waals surface area contributed by atoms with Crippen LogP contribution in [0.5, 0.6) is 23.0 Å². The van der Waals surface area contributed by atoms with E-state index in [2.05, 4.69) is 143 Å². The molecule has 0 aliphatic carbocycles. The first-order chi connectivity index (χ1) is 32.8. The van der Waals surface area contributed by atoms with E-state index >= 15 is 0 Å². The van der Waals surface area contributed by atoms with Crippen molar-refractivity contribution in [1.29, 1.82) is 0 Å². The van der Waals surface area contributed by atoms with E-state index in [0.717, 1.165) is 115 Å². The van der Waals surface area contributed by atoms with Crippen LogP contribution < -0.4 is 18.9 Å². The summed E-state index contributed by atoms with van der Waals surface area (Å²) in [5.41, 5.74) is 9.52. The molecule has 0 saturated heterocycles. The lowest BCUT2D eigenvalue weighted by atomic mass is 10.0. The van der Waals surface area contributed by atoms with Crippen LogP contribution in [0.3, 0.4) is 0 Å². The van der Waals surface area contributed by atoms with Gasteiger partial charge in [-0.2, -0.15) is 0 Å². The first-order valence-electron chi connectivity index (χ1n) is 25.7.